The summed E-state index contributed by atoms with van der Waals surface area (Å²) < 4.78 is 0. The lowest BCUT2D eigenvalue weighted by Gasteiger charge is -2.23. The molecule has 1 rings (SSSR count). The first-order valence-corrected chi connectivity index (χ1v) is 6.31. The number of aliphatic carboxylic acids is 1. The number of carboxylic acids is 1. The maximum absolute atomic E-state index is 11.7. The molecule has 0 bridgehead atoms. The number of non-ortho nitro benzene ring substituents is 1. The number of nitro benzene ring substituents is 1. The Labute approximate surface area is 121 Å². The van der Waals surface area contributed by atoms with Crippen molar-refractivity contribution in [1.29, 1.82) is 0 Å². The first kappa shape index (κ1) is 16.4. The maximum Gasteiger partial charge on any atom is 0.319 e. The van der Waals surface area contributed by atoms with Crippen LogP contribution in [0.25, 0.3) is 0 Å². The van der Waals surface area contributed by atoms with Gasteiger partial charge in [-0.3, -0.25) is 14.9 Å². The average molecular weight is 295 g/mol. The van der Waals surface area contributed by atoms with Gasteiger partial charge in [-0.2, -0.15) is 0 Å². The van der Waals surface area contributed by atoms with Crippen LogP contribution in [0.4, 0.5) is 16.2 Å². The summed E-state index contributed by atoms with van der Waals surface area (Å²) in [5.41, 5.74) is -0.938. The fraction of sp³-hybridized carbons (Fsp3) is 0.385. The van der Waals surface area contributed by atoms with Crippen LogP contribution in [0.5, 0.6) is 0 Å². The molecule has 21 heavy (non-hydrogen) atoms. The molecule has 0 aromatic heterocycles. The van der Waals surface area contributed by atoms with Gasteiger partial charge in [0.15, 0.2) is 0 Å². The molecule has 0 aliphatic rings. The summed E-state index contributed by atoms with van der Waals surface area (Å²) in [6.45, 7) is 3.21. The third-order valence-electron chi connectivity index (χ3n) is 3.25. The van der Waals surface area contributed by atoms with Gasteiger partial charge >= 0.3 is 12.0 Å². The van der Waals surface area contributed by atoms with E-state index in [9.17, 15) is 19.7 Å². The molecule has 3 N–H and O–H groups in total. The zero-order chi connectivity index (χ0) is 16.0. The molecule has 0 radical (unpaired) electrons. The van der Waals surface area contributed by atoms with Gasteiger partial charge in [0.1, 0.15) is 0 Å². The van der Waals surface area contributed by atoms with Gasteiger partial charge in [0, 0.05) is 24.4 Å². The largest absolute Gasteiger partial charge is 0.481 e. The van der Waals surface area contributed by atoms with Crippen molar-refractivity contribution in [1.82, 2.24) is 5.32 Å². The molecule has 1 atom stereocenters. The van der Waals surface area contributed by atoms with Crippen molar-refractivity contribution in [2.45, 2.75) is 20.3 Å². The molecule has 2 amide bonds. The smallest absolute Gasteiger partial charge is 0.319 e. The molecular formula is C13H17N3O5. The van der Waals surface area contributed by atoms with E-state index >= 15 is 0 Å². The Balaban J connectivity index is 2.64. The van der Waals surface area contributed by atoms with Crippen LogP contribution >= 0.6 is 0 Å². The normalized spacial score (nSPS) is 13.0. The van der Waals surface area contributed by atoms with Gasteiger partial charge < -0.3 is 15.7 Å². The number of hydrogen-bond acceptors (Lipinski definition) is 4. The van der Waals surface area contributed by atoms with Gasteiger partial charge in [-0.05, 0) is 19.4 Å². The number of nitro groups is 1. The second-order valence-electron chi connectivity index (χ2n) is 4.83. The number of urea groups is 1. The Hall–Kier alpha value is -2.64. The molecule has 1 aromatic rings. The number of carbonyl (C=O) groups excluding carboxylic acids is 1. The molecule has 0 saturated heterocycles. The number of carboxylic acid groups (broad SMARTS) is 1. The Morgan fingerprint density at radius 1 is 1.43 bits per heavy atom. The quantitative estimate of drug-likeness (QED) is 0.548. The van der Waals surface area contributed by atoms with E-state index in [1.54, 1.807) is 6.92 Å². The van der Waals surface area contributed by atoms with Crippen LogP contribution in [-0.2, 0) is 4.79 Å². The van der Waals surface area contributed by atoms with E-state index in [-0.39, 0.29) is 17.9 Å². The van der Waals surface area contributed by atoms with Gasteiger partial charge in [-0.25, -0.2) is 4.79 Å². The van der Waals surface area contributed by atoms with Crippen LogP contribution in [0.3, 0.4) is 0 Å². The third kappa shape index (κ3) is 4.44. The molecular weight excluding hydrogens is 278 g/mol. The predicted octanol–water partition coefficient (Wildman–Crippen LogP) is 2.22. The number of carbonyl (C=O) groups is 2. The molecule has 1 unspecified atom stereocenters. The van der Waals surface area contributed by atoms with Crippen molar-refractivity contribution in [2.75, 3.05) is 11.9 Å². The minimum absolute atomic E-state index is 0.0421. The van der Waals surface area contributed by atoms with Crippen LogP contribution in [0.2, 0.25) is 0 Å². The molecule has 0 spiro atoms. The third-order valence-corrected chi connectivity index (χ3v) is 3.25. The molecule has 0 fully saturated rings. The average Bonchev–Trinajstić information content (AvgIpc) is 2.44. The maximum atomic E-state index is 11.7. The van der Waals surface area contributed by atoms with E-state index < -0.39 is 22.3 Å². The monoisotopic (exact) mass is 295 g/mol. The summed E-state index contributed by atoms with van der Waals surface area (Å²) in [6.07, 6.45) is 0.361. The lowest BCUT2D eigenvalue weighted by molar-refractivity contribution is -0.384. The van der Waals surface area contributed by atoms with E-state index in [4.69, 9.17) is 5.11 Å². The van der Waals surface area contributed by atoms with Crippen molar-refractivity contribution in [3.63, 3.8) is 0 Å². The van der Waals surface area contributed by atoms with Gasteiger partial charge in [0.2, 0.25) is 0 Å². The standard InChI is InChI=1S/C13H17N3O5/c1-3-13(2,11(17)18)8-14-12(19)15-9-5-4-6-10(7-9)16(20)21/h4-7H,3,8H2,1-2H3,(H,17,18)(H2,14,15,19). The number of benzene rings is 1. The Bertz CT molecular complexity index is 560. The molecule has 0 heterocycles. The number of hydrogen-bond donors (Lipinski definition) is 3. The zero-order valence-corrected chi connectivity index (χ0v) is 11.8. The van der Waals surface area contributed by atoms with E-state index in [2.05, 4.69) is 10.6 Å². The number of nitrogens with zero attached hydrogens (tertiary/aromatic N) is 1. The van der Waals surface area contributed by atoms with Crippen LogP contribution < -0.4 is 10.6 Å². The fourth-order valence-electron chi connectivity index (χ4n) is 1.50. The number of amides is 2. The van der Waals surface area contributed by atoms with Gasteiger partial charge in [-0.15, -0.1) is 0 Å². The van der Waals surface area contributed by atoms with Crippen LogP contribution in [0, 0.1) is 15.5 Å². The summed E-state index contributed by atoms with van der Waals surface area (Å²) in [7, 11) is 0. The van der Waals surface area contributed by atoms with E-state index in [0.29, 0.717) is 6.42 Å². The van der Waals surface area contributed by atoms with Gasteiger partial charge in [0.05, 0.1) is 10.3 Å². The molecule has 8 nitrogen and oxygen atoms in total. The van der Waals surface area contributed by atoms with Crippen molar-refractivity contribution >= 4 is 23.4 Å². The Morgan fingerprint density at radius 2 is 2.10 bits per heavy atom. The molecule has 0 aliphatic heterocycles. The molecule has 1 aromatic carbocycles. The fourth-order valence-corrected chi connectivity index (χ4v) is 1.50. The molecule has 0 aliphatic carbocycles. The van der Waals surface area contributed by atoms with Crippen LogP contribution in [-0.4, -0.2) is 28.6 Å². The van der Waals surface area contributed by atoms with Gasteiger partial charge in [-0.1, -0.05) is 13.0 Å². The molecule has 0 saturated carbocycles. The highest BCUT2D eigenvalue weighted by atomic mass is 16.6. The number of rotatable bonds is 6. The van der Waals surface area contributed by atoms with Crippen molar-refractivity contribution in [2.24, 2.45) is 5.41 Å². The second-order valence-corrected chi connectivity index (χ2v) is 4.83. The Morgan fingerprint density at radius 3 is 2.62 bits per heavy atom. The summed E-state index contributed by atoms with van der Waals surface area (Å²) in [4.78, 5) is 32.8. The highest BCUT2D eigenvalue weighted by Crippen LogP contribution is 2.20. The summed E-state index contributed by atoms with van der Waals surface area (Å²) in [5.74, 6) is -0.999. The SMILES string of the molecule is CCC(C)(CNC(=O)Nc1cccc([N+](=O)[O-])c1)C(=O)O. The number of nitrogens with one attached hydrogen (secondary N) is 2. The highest BCUT2D eigenvalue weighted by Gasteiger charge is 2.31. The lowest BCUT2D eigenvalue weighted by atomic mass is 9.88. The van der Waals surface area contributed by atoms with Crippen molar-refractivity contribution in [3.8, 4) is 0 Å². The van der Waals surface area contributed by atoms with Crippen LogP contribution in [0.15, 0.2) is 24.3 Å². The summed E-state index contributed by atoms with van der Waals surface area (Å²) in [6, 6.07) is 4.86. The topological polar surface area (TPSA) is 122 Å². The first-order valence-electron chi connectivity index (χ1n) is 6.31. The zero-order valence-electron chi connectivity index (χ0n) is 11.8. The van der Waals surface area contributed by atoms with Crippen molar-refractivity contribution in [3.05, 3.63) is 34.4 Å². The molecule has 114 valence electrons. The predicted molar refractivity (Wildman–Crippen MR) is 76.2 cm³/mol. The van der Waals surface area contributed by atoms with E-state index in [1.165, 1.54) is 31.2 Å². The Kier molecular flexibility index (Phi) is 5.23. The van der Waals surface area contributed by atoms with Crippen LogP contribution in [0.1, 0.15) is 20.3 Å². The second kappa shape index (κ2) is 6.69. The van der Waals surface area contributed by atoms with Gasteiger partial charge in [0.25, 0.3) is 5.69 Å². The summed E-state index contributed by atoms with van der Waals surface area (Å²) >= 11 is 0. The molecule has 8 heteroatoms. The number of anilines is 1. The summed E-state index contributed by atoms with van der Waals surface area (Å²) in [5, 5.41) is 24.6. The minimum Gasteiger partial charge on any atom is -0.481 e. The van der Waals surface area contributed by atoms with E-state index in [0.717, 1.165) is 0 Å². The lowest BCUT2D eigenvalue weighted by Crippen LogP contribution is -2.42. The highest BCUT2D eigenvalue weighted by molar-refractivity contribution is 5.90. The van der Waals surface area contributed by atoms with Crippen molar-refractivity contribution < 1.29 is 19.6 Å². The van der Waals surface area contributed by atoms with E-state index in [1.807, 2.05) is 0 Å². The minimum atomic E-state index is -1.06. The first-order chi connectivity index (χ1) is 9.78.